The molecule has 0 saturated heterocycles. The van der Waals surface area contributed by atoms with Crippen molar-refractivity contribution in [3.05, 3.63) is 72.2 Å². The number of hydrogen-bond donors (Lipinski definition) is 1. The van der Waals surface area contributed by atoms with Crippen LogP contribution in [0.4, 0.5) is 0 Å². The minimum atomic E-state index is -0.446. The third kappa shape index (κ3) is 2.63. The van der Waals surface area contributed by atoms with Crippen LogP contribution in [0.25, 0.3) is 27.7 Å². The predicted octanol–water partition coefficient (Wildman–Crippen LogP) is 2.89. The summed E-state index contributed by atoms with van der Waals surface area (Å²) in [6, 6.07) is 15.2. The second-order valence-corrected chi connectivity index (χ2v) is 5.79. The lowest BCUT2D eigenvalue weighted by Gasteiger charge is -2.08. The van der Waals surface area contributed by atoms with Crippen LogP contribution >= 0.6 is 0 Å². The van der Waals surface area contributed by atoms with Crippen molar-refractivity contribution in [2.24, 2.45) is 5.73 Å². The van der Waals surface area contributed by atoms with Gasteiger partial charge in [0.2, 0.25) is 5.91 Å². The van der Waals surface area contributed by atoms with Gasteiger partial charge < -0.3 is 5.73 Å². The smallest absolute Gasteiger partial charge is 0.249 e. The van der Waals surface area contributed by atoms with Crippen molar-refractivity contribution in [1.82, 2.24) is 20.0 Å². The zero-order chi connectivity index (χ0) is 17.4. The third-order valence-corrected chi connectivity index (χ3v) is 4.08. The van der Waals surface area contributed by atoms with Crippen LogP contribution in [-0.2, 0) is 0 Å². The number of nitrogens with two attached hydrogens (primary N) is 1. The molecule has 122 valence electrons. The molecule has 0 atom stereocenters. The highest BCUT2D eigenvalue weighted by molar-refractivity contribution is 6.00. The molecule has 6 nitrogen and oxygen atoms in total. The van der Waals surface area contributed by atoms with Gasteiger partial charge in [0.15, 0.2) is 0 Å². The van der Waals surface area contributed by atoms with Gasteiger partial charge in [-0.1, -0.05) is 30.3 Å². The van der Waals surface area contributed by atoms with E-state index in [-0.39, 0.29) is 0 Å². The van der Waals surface area contributed by atoms with Gasteiger partial charge in [-0.25, -0.2) is 4.68 Å². The Balaban J connectivity index is 1.92. The van der Waals surface area contributed by atoms with Crippen LogP contribution in [0.1, 0.15) is 16.1 Å². The van der Waals surface area contributed by atoms with Crippen LogP contribution in [-0.4, -0.2) is 25.9 Å². The Bertz CT molecular complexity index is 1100. The summed E-state index contributed by atoms with van der Waals surface area (Å²) in [6.45, 7) is 1.89. The van der Waals surface area contributed by atoms with Crippen molar-refractivity contribution in [3.8, 4) is 16.8 Å². The summed E-state index contributed by atoms with van der Waals surface area (Å²) in [7, 11) is 0. The Kier molecular flexibility index (Phi) is 3.50. The zero-order valence-corrected chi connectivity index (χ0v) is 13.5. The van der Waals surface area contributed by atoms with Crippen molar-refractivity contribution in [2.75, 3.05) is 0 Å². The number of fused-ring (bicyclic) bond motifs is 1. The SMILES string of the molecule is Cc1cc(-n2ncc3ccc(-c4ccccc4C(N)=O)cc32)cnn1. The predicted molar refractivity (Wildman–Crippen MR) is 95.4 cm³/mol. The molecule has 2 N–H and O–H groups in total. The molecule has 4 aromatic rings. The second kappa shape index (κ2) is 5.83. The highest BCUT2D eigenvalue weighted by Crippen LogP contribution is 2.28. The molecule has 0 radical (unpaired) electrons. The van der Waals surface area contributed by atoms with E-state index in [9.17, 15) is 4.79 Å². The Labute approximate surface area is 143 Å². The first-order chi connectivity index (χ1) is 12.1. The number of carbonyl (C=O) groups excluding carboxylic acids is 1. The summed E-state index contributed by atoms with van der Waals surface area (Å²) in [5.41, 5.74) is 10.3. The largest absolute Gasteiger partial charge is 0.366 e. The molecule has 6 heteroatoms. The number of aryl methyl sites for hydroxylation is 1. The normalized spacial score (nSPS) is 10.9. The van der Waals surface area contributed by atoms with E-state index in [1.165, 1.54) is 0 Å². The molecular weight excluding hydrogens is 314 g/mol. The highest BCUT2D eigenvalue weighted by atomic mass is 16.1. The molecule has 2 aromatic carbocycles. The van der Waals surface area contributed by atoms with Gasteiger partial charge in [0.25, 0.3) is 0 Å². The molecule has 0 aliphatic heterocycles. The van der Waals surface area contributed by atoms with E-state index in [4.69, 9.17) is 5.73 Å². The highest BCUT2D eigenvalue weighted by Gasteiger charge is 2.12. The quantitative estimate of drug-likeness (QED) is 0.626. The Morgan fingerprint density at radius 2 is 1.92 bits per heavy atom. The van der Waals surface area contributed by atoms with Crippen LogP contribution in [0.5, 0.6) is 0 Å². The van der Waals surface area contributed by atoms with E-state index in [2.05, 4.69) is 15.3 Å². The lowest BCUT2D eigenvalue weighted by molar-refractivity contribution is 0.100. The number of nitrogens with zero attached hydrogens (tertiary/aromatic N) is 4. The van der Waals surface area contributed by atoms with E-state index >= 15 is 0 Å². The molecule has 0 fully saturated rings. The summed E-state index contributed by atoms with van der Waals surface area (Å²) in [5.74, 6) is -0.446. The van der Waals surface area contributed by atoms with E-state index in [1.54, 1.807) is 24.5 Å². The first-order valence-electron chi connectivity index (χ1n) is 7.80. The average molecular weight is 329 g/mol. The fourth-order valence-corrected chi connectivity index (χ4v) is 2.92. The summed E-state index contributed by atoms with van der Waals surface area (Å²) < 4.78 is 1.81. The molecule has 4 rings (SSSR count). The minimum absolute atomic E-state index is 0.446. The van der Waals surface area contributed by atoms with Gasteiger partial charge in [0.05, 0.1) is 29.3 Å². The van der Waals surface area contributed by atoms with Crippen molar-refractivity contribution in [2.45, 2.75) is 6.92 Å². The third-order valence-electron chi connectivity index (χ3n) is 4.08. The maximum Gasteiger partial charge on any atom is 0.249 e. The summed E-state index contributed by atoms with van der Waals surface area (Å²) in [4.78, 5) is 11.7. The van der Waals surface area contributed by atoms with Crippen LogP contribution in [0.3, 0.4) is 0 Å². The standard InChI is InChI=1S/C19H15N5O/c1-12-8-15(11-21-23-12)24-18-9-13(6-7-14(18)10-22-24)16-4-2-3-5-17(16)19(20)25/h2-11H,1H3,(H2,20,25). The van der Waals surface area contributed by atoms with E-state index < -0.39 is 5.91 Å². The van der Waals surface area contributed by atoms with Crippen molar-refractivity contribution < 1.29 is 4.79 Å². The van der Waals surface area contributed by atoms with Crippen LogP contribution in [0.2, 0.25) is 0 Å². The fraction of sp³-hybridized carbons (Fsp3) is 0.0526. The second-order valence-electron chi connectivity index (χ2n) is 5.79. The number of primary amides is 1. The van der Waals surface area contributed by atoms with Crippen LogP contribution in [0, 0.1) is 6.92 Å². The summed E-state index contributed by atoms with van der Waals surface area (Å²) in [6.07, 6.45) is 3.47. The average Bonchev–Trinajstić information content (AvgIpc) is 3.05. The fourth-order valence-electron chi connectivity index (χ4n) is 2.92. The molecule has 0 saturated carbocycles. The molecule has 25 heavy (non-hydrogen) atoms. The van der Waals surface area contributed by atoms with E-state index in [0.29, 0.717) is 5.56 Å². The zero-order valence-electron chi connectivity index (χ0n) is 13.5. The molecule has 1 amide bonds. The van der Waals surface area contributed by atoms with Gasteiger partial charge >= 0.3 is 0 Å². The van der Waals surface area contributed by atoms with Gasteiger partial charge in [-0.3, -0.25) is 4.79 Å². The molecular formula is C19H15N5O. The molecule has 0 aliphatic carbocycles. The van der Waals surface area contributed by atoms with Crippen molar-refractivity contribution in [3.63, 3.8) is 0 Å². The number of benzene rings is 2. The van der Waals surface area contributed by atoms with Gasteiger partial charge in [-0.2, -0.15) is 15.3 Å². The maximum absolute atomic E-state index is 11.7. The Morgan fingerprint density at radius 1 is 1.08 bits per heavy atom. The van der Waals surface area contributed by atoms with Gasteiger partial charge in [-0.15, -0.1) is 0 Å². The lowest BCUT2D eigenvalue weighted by Crippen LogP contribution is -2.12. The molecule has 0 spiro atoms. The number of amides is 1. The summed E-state index contributed by atoms with van der Waals surface area (Å²) in [5, 5.41) is 13.4. The molecule has 0 aliphatic rings. The first-order valence-corrected chi connectivity index (χ1v) is 7.80. The molecule has 0 unspecified atom stereocenters. The van der Waals surface area contributed by atoms with Crippen LogP contribution < -0.4 is 5.73 Å². The van der Waals surface area contributed by atoms with Crippen LogP contribution in [0.15, 0.2) is 60.9 Å². The lowest BCUT2D eigenvalue weighted by atomic mass is 9.98. The molecule has 0 bridgehead atoms. The van der Waals surface area contributed by atoms with Crippen molar-refractivity contribution >= 4 is 16.8 Å². The van der Waals surface area contributed by atoms with Crippen molar-refractivity contribution in [1.29, 1.82) is 0 Å². The Hall–Kier alpha value is -3.54. The number of aromatic nitrogens is 4. The molecule has 2 aromatic heterocycles. The molecule has 2 heterocycles. The van der Waals surface area contributed by atoms with E-state index in [0.717, 1.165) is 33.4 Å². The number of carbonyl (C=O) groups is 1. The topological polar surface area (TPSA) is 86.7 Å². The summed E-state index contributed by atoms with van der Waals surface area (Å²) >= 11 is 0. The Morgan fingerprint density at radius 3 is 2.72 bits per heavy atom. The first kappa shape index (κ1) is 15.0. The monoisotopic (exact) mass is 329 g/mol. The van der Waals surface area contributed by atoms with Gasteiger partial charge in [-0.05, 0) is 36.2 Å². The number of hydrogen-bond acceptors (Lipinski definition) is 4. The minimum Gasteiger partial charge on any atom is -0.366 e. The van der Waals surface area contributed by atoms with Gasteiger partial charge in [0.1, 0.15) is 0 Å². The maximum atomic E-state index is 11.7. The van der Waals surface area contributed by atoms with E-state index in [1.807, 2.05) is 48.0 Å². The number of rotatable bonds is 3. The van der Waals surface area contributed by atoms with Gasteiger partial charge in [0, 0.05) is 10.9 Å².